The molecule has 110 valence electrons. The molecule has 0 radical (unpaired) electrons. The highest BCUT2D eigenvalue weighted by molar-refractivity contribution is 6.07. The summed E-state index contributed by atoms with van der Waals surface area (Å²) in [6, 6.07) is 7.35. The first-order valence-electron chi connectivity index (χ1n) is 7.38. The number of carbonyl (C=O) groups is 2. The predicted molar refractivity (Wildman–Crippen MR) is 80.0 cm³/mol. The molecule has 1 aliphatic heterocycles. The lowest BCUT2D eigenvalue weighted by Gasteiger charge is -2.29. The molecule has 0 bridgehead atoms. The lowest BCUT2D eigenvalue weighted by molar-refractivity contribution is -0.132. The van der Waals surface area contributed by atoms with E-state index < -0.39 is 11.6 Å². The Kier molecular flexibility index (Phi) is 3.49. The van der Waals surface area contributed by atoms with Crippen LogP contribution in [0.4, 0.5) is 4.79 Å². The van der Waals surface area contributed by atoms with E-state index in [9.17, 15) is 9.59 Å². The molecule has 5 heteroatoms. The zero-order valence-electron chi connectivity index (χ0n) is 12.1. The summed E-state index contributed by atoms with van der Waals surface area (Å²) in [5, 5.41) is 7.90. The van der Waals surface area contributed by atoms with Gasteiger partial charge in [-0.2, -0.15) is 5.10 Å². The maximum Gasteiger partial charge on any atom is 0.346 e. The van der Waals surface area contributed by atoms with E-state index >= 15 is 0 Å². The minimum absolute atomic E-state index is 0.212. The van der Waals surface area contributed by atoms with E-state index in [1.165, 1.54) is 0 Å². The predicted octanol–water partition coefficient (Wildman–Crippen LogP) is 2.58. The second-order valence-corrected chi connectivity index (χ2v) is 5.85. The number of amides is 3. The number of nitrogens with one attached hydrogen (secondary N) is 1. The third kappa shape index (κ3) is 2.55. The summed E-state index contributed by atoms with van der Waals surface area (Å²) >= 11 is 0. The summed E-state index contributed by atoms with van der Waals surface area (Å²) in [7, 11) is 0. The molecular weight excluding hydrogens is 266 g/mol. The van der Waals surface area contributed by atoms with Crippen molar-refractivity contribution in [3.05, 3.63) is 35.4 Å². The number of rotatable bonds is 2. The quantitative estimate of drug-likeness (QED) is 0.670. The molecule has 1 heterocycles. The molecule has 3 rings (SSSR count). The van der Waals surface area contributed by atoms with Gasteiger partial charge in [-0.15, -0.1) is 5.01 Å². The minimum atomic E-state index is -0.708. The average molecular weight is 285 g/mol. The summed E-state index contributed by atoms with van der Waals surface area (Å²) in [5.74, 6) is -0.212. The van der Waals surface area contributed by atoms with Crippen molar-refractivity contribution in [1.82, 2.24) is 10.3 Å². The molecule has 0 aromatic heterocycles. The van der Waals surface area contributed by atoms with Crippen LogP contribution in [0.25, 0.3) is 0 Å². The largest absolute Gasteiger partial charge is 0.346 e. The zero-order valence-corrected chi connectivity index (χ0v) is 12.1. The number of urea groups is 1. The number of hydrogen-bond acceptors (Lipinski definition) is 3. The van der Waals surface area contributed by atoms with Gasteiger partial charge in [-0.05, 0) is 25.3 Å². The zero-order chi connectivity index (χ0) is 14.9. The van der Waals surface area contributed by atoms with Crippen molar-refractivity contribution in [3.8, 4) is 0 Å². The van der Waals surface area contributed by atoms with Gasteiger partial charge in [0, 0.05) is 0 Å². The minimum Gasteiger partial charge on any atom is -0.321 e. The maximum absolute atomic E-state index is 12.5. The summed E-state index contributed by atoms with van der Waals surface area (Å²) in [4.78, 5) is 24.5. The number of aryl methyl sites for hydroxylation is 1. The molecule has 2 fully saturated rings. The van der Waals surface area contributed by atoms with Crippen molar-refractivity contribution in [3.63, 3.8) is 0 Å². The fourth-order valence-electron chi connectivity index (χ4n) is 2.98. The Balaban J connectivity index is 1.77. The van der Waals surface area contributed by atoms with Gasteiger partial charge in [0.25, 0.3) is 5.91 Å². The van der Waals surface area contributed by atoms with Crippen LogP contribution in [0.1, 0.15) is 43.2 Å². The van der Waals surface area contributed by atoms with Gasteiger partial charge in [0.1, 0.15) is 5.54 Å². The summed E-state index contributed by atoms with van der Waals surface area (Å²) in [6.07, 6.45) is 6.06. The normalized spacial score (nSPS) is 21.3. The Hall–Kier alpha value is -2.17. The molecule has 1 N–H and O–H groups in total. The third-order valence-corrected chi connectivity index (χ3v) is 4.25. The topological polar surface area (TPSA) is 61.8 Å². The second kappa shape index (κ2) is 5.31. The Labute approximate surface area is 124 Å². The van der Waals surface area contributed by atoms with Gasteiger partial charge in [0.2, 0.25) is 0 Å². The summed E-state index contributed by atoms with van der Waals surface area (Å²) in [6.45, 7) is 2.01. The molecule has 3 amide bonds. The molecule has 1 spiro atoms. The van der Waals surface area contributed by atoms with Crippen LogP contribution in [0.3, 0.4) is 0 Å². The molecule has 2 aliphatic rings. The molecular formula is C16H19N3O2. The van der Waals surface area contributed by atoms with Crippen LogP contribution in [0.2, 0.25) is 0 Å². The van der Waals surface area contributed by atoms with E-state index in [-0.39, 0.29) is 5.91 Å². The Morgan fingerprint density at radius 3 is 2.48 bits per heavy atom. The molecule has 1 saturated heterocycles. The van der Waals surface area contributed by atoms with Crippen molar-refractivity contribution in [2.75, 3.05) is 0 Å². The van der Waals surface area contributed by atoms with Crippen molar-refractivity contribution in [2.45, 2.75) is 44.6 Å². The molecule has 1 saturated carbocycles. The van der Waals surface area contributed by atoms with Crippen LogP contribution >= 0.6 is 0 Å². The molecule has 1 aromatic rings. The fourth-order valence-corrected chi connectivity index (χ4v) is 2.98. The highest BCUT2D eigenvalue weighted by Gasteiger charge is 2.51. The Morgan fingerprint density at radius 2 is 1.81 bits per heavy atom. The molecule has 21 heavy (non-hydrogen) atoms. The van der Waals surface area contributed by atoms with E-state index in [0.29, 0.717) is 12.8 Å². The first kappa shape index (κ1) is 13.8. The van der Waals surface area contributed by atoms with Crippen LogP contribution in [-0.4, -0.2) is 28.7 Å². The standard InChI is InChI=1S/C16H19N3O2/c1-12-5-7-13(8-6-12)11-17-19-14(20)16(18-15(19)21)9-3-2-4-10-16/h5-8,11H,2-4,9-10H2,1H3,(H,18,21)/b17-11+. The Bertz CT molecular complexity index is 586. The third-order valence-electron chi connectivity index (χ3n) is 4.25. The van der Waals surface area contributed by atoms with Crippen LogP contribution in [-0.2, 0) is 4.79 Å². The number of hydrazone groups is 1. The van der Waals surface area contributed by atoms with Crippen molar-refractivity contribution < 1.29 is 9.59 Å². The van der Waals surface area contributed by atoms with Gasteiger partial charge in [0.05, 0.1) is 6.21 Å². The first-order valence-corrected chi connectivity index (χ1v) is 7.38. The van der Waals surface area contributed by atoms with Gasteiger partial charge in [-0.1, -0.05) is 49.1 Å². The van der Waals surface area contributed by atoms with Crippen LogP contribution in [0, 0.1) is 6.92 Å². The number of benzene rings is 1. The van der Waals surface area contributed by atoms with Gasteiger partial charge >= 0.3 is 6.03 Å². The molecule has 5 nitrogen and oxygen atoms in total. The van der Waals surface area contributed by atoms with Crippen LogP contribution < -0.4 is 5.32 Å². The Morgan fingerprint density at radius 1 is 1.14 bits per heavy atom. The lowest BCUT2D eigenvalue weighted by atomic mass is 9.82. The van der Waals surface area contributed by atoms with Crippen LogP contribution in [0.5, 0.6) is 0 Å². The number of nitrogens with zero attached hydrogens (tertiary/aromatic N) is 2. The molecule has 1 aromatic carbocycles. The van der Waals surface area contributed by atoms with E-state index in [1.807, 2.05) is 31.2 Å². The van der Waals surface area contributed by atoms with E-state index in [1.54, 1.807) is 6.21 Å². The molecule has 0 unspecified atom stereocenters. The van der Waals surface area contributed by atoms with E-state index in [0.717, 1.165) is 35.4 Å². The molecule has 1 aliphatic carbocycles. The highest BCUT2D eigenvalue weighted by Crippen LogP contribution is 2.33. The SMILES string of the molecule is Cc1ccc(/C=N/N2C(=O)NC3(CCCCC3)C2=O)cc1. The monoisotopic (exact) mass is 285 g/mol. The van der Waals surface area contributed by atoms with E-state index in [4.69, 9.17) is 0 Å². The van der Waals surface area contributed by atoms with Crippen molar-refractivity contribution in [1.29, 1.82) is 0 Å². The number of hydrogen-bond donors (Lipinski definition) is 1. The summed E-state index contributed by atoms with van der Waals surface area (Å²) < 4.78 is 0. The fraction of sp³-hybridized carbons (Fsp3) is 0.438. The van der Waals surface area contributed by atoms with Gasteiger partial charge in [-0.3, -0.25) is 4.79 Å². The number of carbonyl (C=O) groups excluding carboxylic acids is 2. The van der Waals surface area contributed by atoms with Gasteiger partial charge in [0.15, 0.2) is 0 Å². The maximum atomic E-state index is 12.5. The van der Waals surface area contributed by atoms with Gasteiger partial charge in [-0.25, -0.2) is 4.79 Å². The first-order chi connectivity index (χ1) is 10.1. The average Bonchev–Trinajstić information content (AvgIpc) is 2.71. The highest BCUT2D eigenvalue weighted by atomic mass is 16.2. The van der Waals surface area contributed by atoms with Crippen LogP contribution in [0.15, 0.2) is 29.4 Å². The van der Waals surface area contributed by atoms with Crippen molar-refractivity contribution >= 4 is 18.2 Å². The lowest BCUT2D eigenvalue weighted by Crippen LogP contribution is -2.48. The van der Waals surface area contributed by atoms with Gasteiger partial charge < -0.3 is 5.32 Å². The van der Waals surface area contributed by atoms with Crippen molar-refractivity contribution in [2.24, 2.45) is 5.10 Å². The molecule has 0 atom stereocenters. The van der Waals surface area contributed by atoms with E-state index in [2.05, 4.69) is 10.4 Å². The summed E-state index contributed by atoms with van der Waals surface area (Å²) in [5.41, 5.74) is 1.31. The smallest absolute Gasteiger partial charge is 0.321 e. The second-order valence-electron chi connectivity index (χ2n) is 5.85. The number of imide groups is 1.